The number of nitriles is 1. The van der Waals surface area contributed by atoms with Crippen LogP contribution < -0.4 is 10.6 Å². The second kappa shape index (κ2) is 9.79. The largest absolute Gasteiger partial charge is 0.444 e. The number of aromatic nitrogens is 3. The van der Waals surface area contributed by atoms with Crippen molar-refractivity contribution in [2.45, 2.75) is 39.2 Å². The first kappa shape index (κ1) is 22.6. The number of likely N-dealkylation sites (tertiary alicyclic amines) is 1. The van der Waals surface area contributed by atoms with E-state index in [1.165, 1.54) is 12.4 Å². The number of carbonyl (C=O) groups excluding carboxylic acids is 1. The highest BCUT2D eigenvalue weighted by atomic mass is 35.5. The Morgan fingerprint density at radius 1 is 1.23 bits per heavy atom. The van der Waals surface area contributed by atoms with Crippen LogP contribution in [-0.2, 0) is 4.74 Å². The zero-order chi connectivity index (χ0) is 22.4. The monoisotopic (exact) mass is 443 g/mol. The summed E-state index contributed by atoms with van der Waals surface area (Å²) in [5.41, 5.74) is 0.521. The minimum absolute atomic E-state index is 0.245. The second-order valence-electron chi connectivity index (χ2n) is 8.36. The van der Waals surface area contributed by atoms with Gasteiger partial charge in [-0.05, 0) is 39.5 Å². The maximum Gasteiger partial charge on any atom is 0.410 e. The number of piperidine rings is 1. The number of halogens is 1. The number of rotatable bonds is 5. The van der Waals surface area contributed by atoms with Gasteiger partial charge in [-0.15, -0.1) is 0 Å². The number of hydrogen-bond acceptors (Lipinski definition) is 8. The molecule has 0 radical (unpaired) electrons. The third-order valence-corrected chi connectivity index (χ3v) is 5.03. The SMILES string of the molecule is CC(C)(C)OC(=O)N1CCC(CNc2cc(Nc3cnc(C#N)cn3)ncc2Cl)CC1. The summed E-state index contributed by atoms with van der Waals surface area (Å²) < 4.78 is 5.45. The van der Waals surface area contributed by atoms with Crippen LogP contribution in [0.25, 0.3) is 0 Å². The quantitative estimate of drug-likeness (QED) is 0.706. The summed E-state index contributed by atoms with van der Waals surface area (Å²) in [4.78, 5) is 26.3. The Balaban J connectivity index is 1.52. The van der Waals surface area contributed by atoms with E-state index in [4.69, 9.17) is 21.6 Å². The summed E-state index contributed by atoms with van der Waals surface area (Å²) in [6, 6.07) is 3.73. The third kappa shape index (κ3) is 6.69. The van der Waals surface area contributed by atoms with Gasteiger partial charge in [0.1, 0.15) is 23.3 Å². The molecule has 9 nitrogen and oxygen atoms in total. The average Bonchev–Trinajstić information content (AvgIpc) is 2.74. The number of amides is 1. The lowest BCUT2D eigenvalue weighted by atomic mass is 9.97. The molecule has 164 valence electrons. The van der Waals surface area contributed by atoms with Crippen LogP contribution in [0.4, 0.5) is 22.1 Å². The molecule has 3 rings (SSSR count). The van der Waals surface area contributed by atoms with Crippen LogP contribution in [-0.4, -0.2) is 51.2 Å². The predicted molar refractivity (Wildman–Crippen MR) is 118 cm³/mol. The van der Waals surface area contributed by atoms with Crippen molar-refractivity contribution in [3.05, 3.63) is 35.4 Å². The van der Waals surface area contributed by atoms with Gasteiger partial charge < -0.3 is 20.3 Å². The first-order chi connectivity index (χ1) is 14.7. The zero-order valence-electron chi connectivity index (χ0n) is 17.9. The van der Waals surface area contributed by atoms with Crippen LogP contribution in [0.1, 0.15) is 39.3 Å². The topological polar surface area (TPSA) is 116 Å². The number of carbonyl (C=O) groups is 1. The van der Waals surface area contributed by atoms with E-state index < -0.39 is 5.60 Å². The molecule has 2 aromatic rings. The third-order valence-electron chi connectivity index (χ3n) is 4.73. The molecule has 2 aromatic heterocycles. The van der Waals surface area contributed by atoms with Gasteiger partial charge in [0.05, 0.1) is 29.3 Å². The van der Waals surface area contributed by atoms with E-state index in [0.717, 1.165) is 25.1 Å². The molecule has 1 saturated heterocycles. The number of hydrogen-bond donors (Lipinski definition) is 2. The Hall–Kier alpha value is -3.12. The van der Waals surface area contributed by atoms with Gasteiger partial charge in [0, 0.05) is 25.7 Å². The van der Waals surface area contributed by atoms with Crippen LogP contribution in [0, 0.1) is 17.2 Å². The Kier molecular flexibility index (Phi) is 7.13. The standard InChI is InChI=1S/C21H26ClN7O2/c1-21(2,3)31-20(30)29-6-4-14(5-7-29)10-25-17-8-18(27-12-16(17)22)28-19-13-24-15(9-23)11-26-19/h8,11-14H,4-7,10H2,1-3H3,(H2,25,26,27,28). The molecule has 0 aromatic carbocycles. The summed E-state index contributed by atoms with van der Waals surface area (Å²) in [6.07, 6.45) is 5.95. The Labute approximate surface area is 186 Å². The van der Waals surface area contributed by atoms with Crippen LogP contribution in [0.5, 0.6) is 0 Å². The van der Waals surface area contributed by atoms with Gasteiger partial charge in [-0.25, -0.2) is 19.7 Å². The summed E-state index contributed by atoms with van der Waals surface area (Å²) in [7, 11) is 0. The minimum Gasteiger partial charge on any atom is -0.444 e. The van der Waals surface area contributed by atoms with Gasteiger partial charge in [-0.2, -0.15) is 5.26 Å². The van der Waals surface area contributed by atoms with Crippen LogP contribution in [0.2, 0.25) is 5.02 Å². The Morgan fingerprint density at radius 2 is 1.94 bits per heavy atom. The molecule has 0 saturated carbocycles. The first-order valence-electron chi connectivity index (χ1n) is 10.1. The number of nitrogens with one attached hydrogen (secondary N) is 2. The molecule has 2 N–H and O–H groups in total. The van der Waals surface area contributed by atoms with E-state index in [1.807, 2.05) is 26.8 Å². The van der Waals surface area contributed by atoms with Gasteiger partial charge in [0.2, 0.25) is 0 Å². The van der Waals surface area contributed by atoms with Crippen molar-refractivity contribution in [1.29, 1.82) is 5.26 Å². The van der Waals surface area contributed by atoms with Gasteiger partial charge in [-0.3, -0.25) is 0 Å². The molecule has 0 aliphatic carbocycles. The van der Waals surface area contributed by atoms with Crippen molar-refractivity contribution < 1.29 is 9.53 Å². The van der Waals surface area contributed by atoms with E-state index in [-0.39, 0.29) is 11.8 Å². The van der Waals surface area contributed by atoms with Crippen molar-refractivity contribution in [3.8, 4) is 6.07 Å². The summed E-state index contributed by atoms with van der Waals surface area (Å²) in [5, 5.41) is 15.8. The normalized spacial score (nSPS) is 14.6. The van der Waals surface area contributed by atoms with Crippen LogP contribution >= 0.6 is 11.6 Å². The number of anilines is 3. The van der Waals surface area contributed by atoms with E-state index in [9.17, 15) is 4.79 Å². The summed E-state index contributed by atoms with van der Waals surface area (Å²) in [5.74, 6) is 1.46. The average molecular weight is 444 g/mol. The second-order valence-corrected chi connectivity index (χ2v) is 8.77. The summed E-state index contributed by atoms with van der Waals surface area (Å²) >= 11 is 6.30. The van der Waals surface area contributed by atoms with E-state index in [0.29, 0.717) is 35.7 Å². The van der Waals surface area contributed by atoms with Gasteiger partial charge in [0.15, 0.2) is 5.69 Å². The maximum atomic E-state index is 12.2. The molecular formula is C21H26ClN7O2. The maximum absolute atomic E-state index is 12.2. The molecular weight excluding hydrogens is 418 g/mol. The fourth-order valence-corrected chi connectivity index (χ4v) is 3.29. The lowest BCUT2D eigenvalue weighted by molar-refractivity contribution is 0.0188. The molecule has 0 bridgehead atoms. The highest BCUT2D eigenvalue weighted by molar-refractivity contribution is 6.33. The fourth-order valence-electron chi connectivity index (χ4n) is 3.12. The molecule has 1 aliphatic heterocycles. The highest BCUT2D eigenvalue weighted by Gasteiger charge is 2.26. The molecule has 0 atom stereocenters. The van der Waals surface area contributed by atoms with Gasteiger partial charge in [-0.1, -0.05) is 11.6 Å². The van der Waals surface area contributed by atoms with Gasteiger partial charge in [0.25, 0.3) is 0 Å². The van der Waals surface area contributed by atoms with Crippen molar-refractivity contribution in [2.75, 3.05) is 30.3 Å². The lowest BCUT2D eigenvalue weighted by Crippen LogP contribution is -2.42. The Morgan fingerprint density at radius 3 is 2.55 bits per heavy atom. The van der Waals surface area contributed by atoms with Crippen LogP contribution in [0.3, 0.4) is 0 Å². The highest BCUT2D eigenvalue weighted by Crippen LogP contribution is 2.26. The van der Waals surface area contributed by atoms with E-state index in [1.54, 1.807) is 17.2 Å². The molecule has 0 unspecified atom stereocenters. The molecule has 31 heavy (non-hydrogen) atoms. The van der Waals surface area contributed by atoms with Gasteiger partial charge >= 0.3 is 6.09 Å². The van der Waals surface area contributed by atoms with Crippen LogP contribution in [0.15, 0.2) is 24.7 Å². The smallest absolute Gasteiger partial charge is 0.410 e. The predicted octanol–water partition coefficient (Wildman–Crippen LogP) is 4.20. The van der Waals surface area contributed by atoms with E-state index in [2.05, 4.69) is 25.6 Å². The molecule has 1 fully saturated rings. The first-order valence-corrected chi connectivity index (χ1v) is 10.5. The molecule has 1 aliphatic rings. The lowest BCUT2D eigenvalue weighted by Gasteiger charge is -2.33. The number of pyridine rings is 1. The Bertz CT molecular complexity index is 946. The fraction of sp³-hybridized carbons (Fsp3) is 0.476. The number of ether oxygens (including phenoxy) is 1. The zero-order valence-corrected chi connectivity index (χ0v) is 18.6. The number of nitrogens with zero attached hydrogens (tertiary/aromatic N) is 5. The van der Waals surface area contributed by atoms with E-state index >= 15 is 0 Å². The molecule has 3 heterocycles. The summed E-state index contributed by atoms with van der Waals surface area (Å²) in [6.45, 7) is 7.71. The molecule has 10 heteroatoms. The molecule has 1 amide bonds. The van der Waals surface area contributed by atoms with Crippen molar-refractivity contribution >= 4 is 35.0 Å². The van der Waals surface area contributed by atoms with Crippen molar-refractivity contribution in [2.24, 2.45) is 5.92 Å². The van der Waals surface area contributed by atoms with Crippen molar-refractivity contribution in [3.63, 3.8) is 0 Å². The molecule has 0 spiro atoms. The van der Waals surface area contributed by atoms with Crippen molar-refractivity contribution in [1.82, 2.24) is 19.9 Å². The minimum atomic E-state index is -0.483.